The fraction of sp³-hybridized carbons (Fsp3) is 0.188. The lowest BCUT2D eigenvalue weighted by Crippen LogP contribution is -2.04. The summed E-state index contributed by atoms with van der Waals surface area (Å²) in [6, 6.07) is 8.16. The average molecular weight is 337 g/mol. The molecule has 3 aromatic rings. The van der Waals surface area contributed by atoms with Gasteiger partial charge in [0, 0.05) is 17.8 Å². The maximum Gasteiger partial charge on any atom is 0.416 e. The Morgan fingerprint density at radius 2 is 1.62 bits per heavy atom. The molecule has 3 rings (SSSR count). The Kier molecular flexibility index (Phi) is 3.96. The lowest BCUT2D eigenvalue weighted by molar-refractivity contribution is -0.137. The van der Waals surface area contributed by atoms with E-state index in [0.717, 1.165) is 12.1 Å². The quantitative estimate of drug-likeness (QED) is 0.743. The Bertz CT molecular complexity index is 816. The number of aromatic nitrogens is 2. The van der Waals surface area contributed by atoms with Crippen molar-refractivity contribution in [1.29, 1.82) is 0 Å². The molecule has 0 bridgehead atoms. The number of anilines is 2. The van der Waals surface area contributed by atoms with Crippen molar-refractivity contribution in [3.05, 3.63) is 42.0 Å². The smallest absolute Gasteiger partial charge is 0.416 e. The van der Waals surface area contributed by atoms with E-state index >= 15 is 0 Å². The monoisotopic (exact) mass is 337 g/mol. The van der Waals surface area contributed by atoms with Gasteiger partial charge in [0.15, 0.2) is 11.5 Å². The molecule has 0 amide bonds. The number of benzene rings is 2. The fourth-order valence-corrected chi connectivity index (χ4v) is 2.28. The summed E-state index contributed by atoms with van der Waals surface area (Å²) < 4.78 is 48.1. The van der Waals surface area contributed by atoms with Crippen LogP contribution in [0.25, 0.3) is 11.0 Å². The number of alkyl halides is 3. The number of halogens is 3. The van der Waals surface area contributed by atoms with Gasteiger partial charge in [0.2, 0.25) is 5.95 Å². The largest absolute Gasteiger partial charge is 0.493 e. The minimum absolute atomic E-state index is 0.403. The second-order valence-corrected chi connectivity index (χ2v) is 5.01. The molecule has 24 heavy (non-hydrogen) atoms. The Morgan fingerprint density at radius 1 is 1.00 bits per heavy atom. The standard InChI is InChI=1S/C16H14F3N3O2/c1-23-13-7-11-12(8-14(13)24-2)22-15(21-11)20-10-5-3-9(4-6-10)16(17,18)19/h3-8H,1-2H3,(H2,20,21,22). The number of imidazole rings is 1. The molecule has 0 saturated carbocycles. The van der Waals surface area contributed by atoms with Crippen molar-refractivity contribution in [2.45, 2.75) is 6.18 Å². The van der Waals surface area contributed by atoms with Gasteiger partial charge in [-0.25, -0.2) is 4.98 Å². The molecule has 5 nitrogen and oxygen atoms in total. The molecule has 126 valence electrons. The molecule has 0 atom stereocenters. The van der Waals surface area contributed by atoms with Gasteiger partial charge in [-0.2, -0.15) is 13.2 Å². The lowest BCUT2D eigenvalue weighted by Gasteiger charge is -2.07. The molecule has 0 radical (unpaired) electrons. The SMILES string of the molecule is COc1cc2nc(Nc3ccc(C(F)(F)F)cc3)[nH]c2cc1OC. The van der Waals surface area contributed by atoms with Crippen molar-refractivity contribution in [2.75, 3.05) is 19.5 Å². The topological polar surface area (TPSA) is 59.2 Å². The number of nitrogens with one attached hydrogen (secondary N) is 2. The Balaban J connectivity index is 1.87. The number of methoxy groups -OCH3 is 2. The molecule has 2 N–H and O–H groups in total. The summed E-state index contributed by atoms with van der Waals surface area (Å²) >= 11 is 0. The van der Waals surface area contributed by atoms with E-state index in [1.165, 1.54) is 26.4 Å². The molecule has 0 unspecified atom stereocenters. The highest BCUT2D eigenvalue weighted by atomic mass is 19.4. The van der Waals surface area contributed by atoms with Crippen molar-refractivity contribution >= 4 is 22.7 Å². The van der Waals surface area contributed by atoms with Crippen LogP contribution in [0.5, 0.6) is 11.5 Å². The summed E-state index contributed by atoms with van der Waals surface area (Å²) in [6.07, 6.45) is -4.36. The highest BCUT2D eigenvalue weighted by molar-refractivity contribution is 5.82. The molecule has 2 aromatic carbocycles. The third-order valence-corrected chi connectivity index (χ3v) is 3.46. The predicted molar refractivity (Wildman–Crippen MR) is 83.9 cm³/mol. The van der Waals surface area contributed by atoms with Crippen LogP contribution in [0.15, 0.2) is 36.4 Å². The molecule has 1 heterocycles. The van der Waals surface area contributed by atoms with Crippen LogP contribution in [-0.2, 0) is 6.18 Å². The minimum Gasteiger partial charge on any atom is -0.493 e. The highest BCUT2D eigenvalue weighted by Gasteiger charge is 2.29. The number of fused-ring (bicyclic) bond motifs is 1. The molecule has 0 aliphatic carbocycles. The summed E-state index contributed by atoms with van der Waals surface area (Å²) in [5.74, 6) is 1.49. The zero-order chi connectivity index (χ0) is 17.3. The first-order chi connectivity index (χ1) is 11.4. The van der Waals surface area contributed by atoms with Crippen LogP contribution in [0.4, 0.5) is 24.8 Å². The second-order valence-electron chi connectivity index (χ2n) is 5.01. The first kappa shape index (κ1) is 16.0. The van der Waals surface area contributed by atoms with Crippen LogP contribution in [0.3, 0.4) is 0 Å². The van der Waals surface area contributed by atoms with Crippen LogP contribution >= 0.6 is 0 Å². The van der Waals surface area contributed by atoms with E-state index in [-0.39, 0.29) is 0 Å². The number of nitrogens with zero attached hydrogens (tertiary/aromatic N) is 1. The van der Waals surface area contributed by atoms with Crippen molar-refractivity contribution in [3.63, 3.8) is 0 Å². The number of ether oxygens (including phenoxy) is 2. The fourth-order valence-electron chi connectivity index (χ4n) is 2.28. The number of H-pyrrole nitrogens is 1. The van der Waals surface area contributed by atoms with Crippen molar-refractivity contribution < 1.29 is 22.6 Å². The molecule has 0 saturated heterocycles. The molecule has 0 aliphatic heterocycles. The van der Waals surface area contributed by atoms with Crippen LogP contribution in [0, 0.1) is 0 Å². The number of hydrogen-bond acceptors (Lipinski definition) is 4. The maximum atomic E-state index is 12.6. The average Bonchev–Trinajstić information content (AvgIpc) is 2.94. The molecular formula is C16H14F3N3O2. The van der Waals surface area contributed by atoms with E-state index in [2.05, 4.69) is 15.3 Å². The summed E-state index contributed by atoms with van der Waals surface area (Å²) in [5, 5.41) is 2.93. The van der Waals surface area contributed by atoms with Gasteiger partial charge in [-0.15, -0.1) is 0 Å². The third kappa shape index (κ3) is 3.08. The summed E-state index contributed by atoms with van der Waals surface area (Å²) in [5.41, 5.74) is 1.14. The molecule has 0 aliphatic rings. The van der Waals surface area contributed by atoms with Crippen LogP contribution < -0.4 is 14.8 Å². The zero-order valence-electron chi connectivity index (χ0n) is 12.9. The minimum atomic E-state index is -4.36. The van der Waals surface area contributed by atoms with E-state index in [0.29, 0.717) is 34.2 Å². The van der Waals surface area contributed by atoms with Crippen LogP contribution in [0.2, 0.25) is 0 Å². The Labute approximate surface area is 135 Å². The Morgan fingerprint density at radius 3 is 2.21 bits per heavy atom. The van der Waals surface area contributed by atoms with E-state index < -0.39 is 11.7 Å². The van der Waals surface area contributed by atoms with Gasteiger partial charge in [0.1, 0.15) is 0 Å². The molecule has 1 aromatic heterocycles. The zero-order valence-corrected chi connectivity index (χ0v) is 12.9. The normalized spacial score (nSPS) is 11.5. The summed E-state index contributed by atoms with van der Waals surface area (Å²) in [4.78, 5) is 7.37. The lowest BCUT2D eigenvalue weighted by atomic mass is 10.2. The number of rotatable bonds is 4. The van der Waals surface area contributed by atoms with E-state index in [9.17, 15) is 13.2 Å². The van der Waals surface area contributed by atoms with Gasteiger partial charge in [-0.05, 0) is 24.3 Å². The first-order valence-electron chi connectivity index (χ1n) is 6.96. The van der Waals surface area contributed by atoms with Gasteiger partial charge in [0.05, 0.1) is 30.8 Å². The van der Waals surface area contributed by atoms with Crippen molar-refractivity contribution in [2.24, 2.45) is 0 Å². The molecule has 0 fully saturated rings. The van der Waals surface area contributed by atoms with Gasteiger partial charge >= 0.3 is 6.18 Å². The van der Waals surface area contributed by atoms with Crippen molar-refractivity contribution in [3.8, 4) is 11.5 Å². The first-order valence-corrected chi connectivity index (χ1v) is 6.96. The maximum absolute atomic E-state index is 12.6. The van der Waals surface area contributed by atoms with Gasteiger partial charge in [-0.1, -0.05) is 0 Å². The van der Waals surface area contributed by atoms with E-state index in [1.807, 2.05) is 0 Å². The summed E-state index contributed by atoms with van der Waals surface area (Å²) in [7, 11) is 3.05. The Hall–Kier alpha value is -2.90. The second kappa shape index (κ2) is 5.95. The van der Waals surface area contributed by atoms with Gasteiger partial charge in [-0.3, -0.25) is 0 Å². The van der Waals surface area contributed by atoms with Gasteiger partial charge < -0.3 is 19.8 Å². The highest BCUT2D eigenvalue weighted by Crippen LogP contribution is 2.33. The van der Waals surface area contributed by atoms with Crippen LogP contribution in [0.1, 0.15) is 5.56 Å². The van der Waals surface area contributed by atoms with Crippen LogP contribution in [-0.4, -0.2) is 24.2 Å². The van der Waals surface area contributed by atoms with Gasteiger partial charge in [0.25, 0.3) is 0 Å². The molecule has 0 spiro atoms. The van der Waals surface area contributed by atoms with E-state index in [1.54, 1.807) is 12.1 Å². The summed E-state index contributed by atoms with van der Waals surface area (Å²) in [6.45, 7) is 0. The third-order valence-electron chi connectivity index (χ3n) is 3.46. The van der Waals surface area contributed by atoms with Crippen molar-refractivity contribution in [1.82, 2.24) is 9.97 Å². The predicted octanol–water partition coefficient (Wildman–Crippen LogP) is 4.34. The number of aromatic amines is 1. The molecule has 8 heteroatoms. The van der Waals surface area contributed by atoms with E-state index in [4.69, 9.17) is 9.47 Å². The molecular weight excluding hydrogens is 323 g/mol. The number of hydrogen-bond donors (Lipinski definition) is 2.